The van der Waals surface area contributed by atoms with Gasteiger partial charge in [0.1, 0.15) is 12.6 Å². The molecule has 0 N–H and O–H groups in total. The van der Waals surface area contributed by atoms with Crippen LogP contribution in [-0.4, -0.2) is 42.6 Å². The molecule has 4 rings (SSSR count). The van der Waals surface area contributed by atoms with E-state index in [0.29, 0.717) is 18.7 Å². The van der Waals surface area contributed by atoms with E-state index in [0.717, 1.165) is 24.6 Å². The number of benzene rings is 1. The Balaban J connectivity index is 0.000000236. The third-order valence-electron chi connectivity index (χ3n) is 4.32. The highest BCUT2D eigenvalue weighted by Gasteiger charge is 2.30. The molecule has 8 heteroatoms. The van der Waals surface area contributed by atoms with E-state index in [9.17, 15) is 9.59 Å². The Morgan fingerprint density at radius 3 is 2.32 bits per heavy atom. The number of carbonyl (C=O) groups is 2. The Morgan fingerprint density at radius 1 is 1.00 bits per heavy atom. The minimum Gasteiger partial charge on any atom is -0.298 e. The molecule has 2 aromatic heterocycles. The van der Waals surface area contributed by atoms with Crippen molar-refractivity contribution in [3.8, 4) is 0 Å². The summed E-state index contributed by atoms with van der Waals surface area (Å²) in [5, 5.41) is 16.2. The van der Waals surface area contributed by atoms with Crippen LogP contribution in [0.5, 0.6) is 0 Å². The lowest BCUT2D eigenvalue weighted by Crippen LogP contribution is -2.32. The maximum absolute atomic E-state index is 10.8. The molecule has 1 aliphatic carbocycles. The zero-order valence-corrected chi connectivity index (χ0v) is 15.2. The molecule has 0 amide bonds. The Morgan fingerprint density at radius 2 is 1.79 bits per heavy atom. The van der Waals surface area contributed by atoms with Crippen LogP contribution in [0.2, 0.25) is 0 Å². The van der Waals surface area contributed by atoms with Crippen molar-refractivity contribution in [2.45, 2.75) is 19.5 Å². The lowest BCUT2D eigenvalue weighted by atomic mass is 9.80. The van der Waals surface area contributed by atoms with Gasteiger partial charge in [0.15, 0.2) is 0 Å². The smallest absolute Gasteiger partial charge is 0.150 e. The van der Waals surface area contributed by atoms with Crippen LogP contribution < -0.4 is 0 Å². The van der Waals surface area contributed by atoms with Gasteiger partial charge in [0.2, 0.25) is 0 Å². The quantitative estimate of drug-likeness (QED) is 0.612. The van der Waals surface area contributed by atoms with Crippen LogP contribution in [0.1, 0.15) is 16.8 Å². The fourth-order valence-electron chi connectivity index (χ4n) is 2.88. The molecule has 0 radical (unpaired) electrons. The molecule has 3 aromatic rings. The van der Waals surface area contributed by atoms with E-state index in [1.54, 1.807) is 40.2 Å². The van der Waals surface area contributed by atoms with Gasteiger partial charge in [0.05, 0.1) is 31.7 Å². The number of aldehydes is 2. The van der Waals surface area contributed by atoms with E-state index >= 15 is 0 Å². The van der Waals surface area contributed by atoms with E-state index in [4.69, 9.17) is 0 Å². The van der Waals surface area contributed by atoms with Gasteiger partial charge < -0.3 is 0 Å². The molecule has 1 aliphatic rings. The summed E-state index contributed by atoms with van der Waals surface area (Å²) in [6.45, 7) is 1.28. The highest BCUT2D eigenvalue weighted by molar-refractivity contribution is 5.78. The van der Waals surface area contributed by atoms with Crippen molar-refractivity contribution in [3.63, 3.8) is 0 Å². The van der Waals surface area contributed by atoms with E-state index in [2.05, 4.69) is 20.5 Å². The zero-order chi connectivity index (χ0) is 19.7. The predicted molar refractivity (Wildman–Crippen MR) is 102 cm³/mol. The van der Waals surface area contributed by atoms with Crippen LogP contribution in [0, 0.1) is 5.41 Å². The second-order valence-electron chi connectivity index (χ2n) is 6.41. The first-order chi connectivity index (χ1) is 13.7. The lowest BCUT2D eigenvalue weighted by Gasteiger charge is -2.31. The minimum absolute atomic E-state index is 0.209. The average Bonchev–Trinajstić information content (AvgIpc) is 3.44. The fraction of sp³-hybridized carbons (Fsp3) is 0.200. The number of carbonyl (C=O) groups excluding carboxylic acids is 2. The highest BCUT2D eigenvalue weighted by Crippen LogP contribution is 2.32. The summed E-state index contributed by atoms with van der Waals surface area (Å²) in [4.78, 5) is 22.5. The van der Waals surface area contributed by atoms with Crippen molar-refractivity contribution in [1.82, 2.24) is 30.0 Å². The molecule has 1 unspecified atom stereocenters. The third kappa shape index (κ3) is 5.16. The molecule has 142 valence electrons. The Kier molecular flexibility index (Phi) is 6.35. The van der Waals surface area contributed by atoms with E-state index in [1.165, 1.54) is 0 Å². The van der Waals surface area contributed by atoms with Gasteiger partial charge in [0, 0.05) is 22.7 Å². The van der Waals surface area contributed by atoms with Gasteiger partial charge in [-0.3, -0.25) is 14.3 Å². The number of nitrogens with zero attached hydrogens (tertiary/aromatic N) is 6. The molecule has 28 heavy (non-hydrogen) atoms. The normalized spacial score (nSPS) is 17.9. The summed E-state index contributed by atoms with van der Waals surface area (Å²) >= 11 is 0. The number of hydrogen-bond acceptors (Lipinski definition) is 6. The first-order valence-corrected chi connectivity index (χ1v) is 8.76. The number of allylic oxidation sites excluding steroid dienone is 4. The minimum atomic E-state index is -0.209. The largest absolute Gasteiger partial charge is 0.298 e. The molecule has 0 bridgehead atoms. The summed E-state index contributed by atoms with van der Waals surface area (Å²) in [6, 6.07) is 9.10. The predicted octanol–water partition coefficient (Wildman–Crippen LogP) is 2.14. The molecule has 1 aromatic carbocycles. The monoisotopic (exact) mass is 376 g/mol. The van der Waals surface area contributed by atoms with Gasteiger partial charge in [0.25, 0.3) is 0 Å². The molecular formula is C20H20N6O2. The van der Waals surface area contributed by atoms with Crippen molar-refractivity contribution >= 4 is 12.6 Å². The van der Waals surface area contributed by atoms with Crippen LogP contribution >= 0.6 is 0 Å². The fourth-order valence-corrected chi connectivity index (χ4v) is 2.88. The van der Waals surface area contributed by atoms with Crippen molar-refractivity contribution < 1.29 is 9.59 Å². The maximum Gasteiger partial charge on any atom is 0.150 e. The first kappa shape index (κ1) is 19.1. The Bertz CT molecular complexity index is 894. The second-order valence-corrected chi connectivity index (χ2v) is 6.41. The van der Waals surface area contributed by atoms with Gasteiger partial charge >= 0.3 is 0 Å². The summed E-state index contributed by atoms with van der Waals surface area (Å²) in [5.74, 6) is 0. The summed E-state index contributed by atoms with van der Waals surface area (Å²) in [5.41, 5.74) is 1.22. The molecule has 0 saturated heterocycles. The molecule has 2 heterocycles. The van der Waals surface area contributed by atoms with Gasteiger partial charge in [-0.25, -0.2) is 0 Å². The molecular weight excluding hydrogens is 356 g/mol. The standard InChI is InChI=1S/C13H14N6O.C7H6O/c20-9-12-1-3-13(4-2-12,10-18-8-7-14-17-18)11-19-15-5-6-16-19;8-6-7-4-2-1-3-5-7/h1-3,5-9H,4,10-11H2;1-6H. The molecule has 1 atom stereocenters. The number of rotatable bonds is 6. The van der Waals surface area contributed by atoms with Crippen LogP contribution in [-0.2, 0) is 17.9 Å². The SMILES string of the molecule is O=CC1=CCC(Cn2ccnn2)(Cn2nccn2)C=C1.O=Cc1ccccc1. The number of aromatic nitrogens is 6. The summed E-state index contributed by atoms with van der Waals surface area (Å²) in [7, 11) is 0. The second kappa shape index (κ2) is 9.31. The lowest BCUT2D eigenvalue weighted by molar-refractivity contribution is -0.104. The van der Waals surface area contributed by atoms with E-state index < -0.39 is 0 Å². The van der Waals surface area contributed by atoms with Crippen molar-refractivity contribution in [2.24, 2.45) is 5.41 Å². The van der Waals surface area contributed by atoms with Gasteiger partial charge in [-0.2, -0.15) is 15.0 Å². The molecule has 0 spiro atoms. The van der Waals surface area contributed by atoms with Crippen molar-refractivity contribution in [3.05, 3.63) is 84.5 Å². The number of hydrogen-bond donors (Lipinski definition) is 0. The van der Waals surface area contributed by atoms with E-state index in [1.807, 2.05) is 42.6 Å². The highest BCUT2D eigenvalue weighted by atomic mass is 16.1. The van der Waals surface area contributed by atoms with Crippen LogP contribution in [0.3, 0.4) is 0 Å². The summed E-state index contributed by atoms with van der Waals surface area (Å²) in [6.07, 6.45) is 15.0. The topological polar surface area (TPSA) is 95.6 Å². The van der Waals surface area contributed by atoms with Gasteiger partial charge in [-0.05, 0) is 6.42 Å². The van der Waals surface area contributed by atoms with Crippen LogP contribution in [0.25, 0.3) is 0 Å². The maximum atomic E-state index is 10.8. The van der Waals surface area contributed by atoms with Gasteiger partial charge in [-0.15, -0.1) is 5.10 Å². The van der Waals surface area contributed by atoms with Crippen molar-refractivity contribution in [1.29, 1.82) is 0 Å². The van der Waals surface area contributed by atoms with Crippen LogP contribution in [0.4, 0.5) is 0 Å². The van der Waals surface area contributed by atoms with E-state index in [-0.39, 0.29) is 5.41 Å². The Hall–Kier alpha value is -3.68. The zero-order valence-electron chi connectivity index (χ0n) is 15.2. The molecule has 8 nitrogen and oxygen atoms in total. The van der Waals surface area contributed by atoms with Gasteiger partial charge in [-0.1, -0.05) is 53.8 Å². The summed E-state index contributed by atoms with van der Waals surface area (Å²) < 4.78 is 1.79. The molecule has 0 saturated carbocycles. The van der Waals surface area contributed by atoms with Crippen molar-refractivity contribution in [2.75, 3.05) is 0 Å². The first-order valence-electron chi connectivity index (χ1n) is 8.76. The third-order valence-corrected chi connectivity index (χ3v) is 4.32. The average molecular weight is 376 g/mol. The molecule has 0 fully saturated rings. The Labute approximate surface area is 162 Å². The molecule has 0 aliphatic heterocycles. The van der Waals surface area contributed by atoms with Crippen LogP contribution in [0.15, 0.2) is 78.9 Å².